The SMILES string of the molecule is CN(CC(=O)N1CCOCC1)C(=O)c1ccccc1OCc1ccc(Cl)cc1. The minimum atomic E-state index is -0.256. The van der Waals surface area contributed by atoms with E-state index in [0.29, 0.717) is 49.2 Å². The monoisotopic (exact) mass is 402 g/mol. The summed E-state index contributed by atoms with van der Waals surface area (Å²) in [6, 6.07) is 14.4. The fraction of sp³-hybridized carbons (Fsp3) is 0.333. The molecule has 0 unspecified atom stereocenters. The van der Waals surface area contributed by atoms with Crippen LogP contribution in [0.5, 0.6) is 5.75 Å². The first kappa shape index (κ1) is 20.2. The van der Waals surface area contributed by atoms with E-state index in [1.54, 1.807) is 42.3 Å². The number of carbonyl (C=O) groups is 2. The Hall–Kier alpha value is -2.57. The fourth-order valence-electron chi connectivity index (χ4n) is 2.90. The molecule has 0 radical (unpaired) electrons. The molecule has 0 spiro atoms. The van der Waals surface area contributed by atoms with Crippen molar-refractivity contribution in [1.29, 1.82) is 0 Å². The van der Waals surface area contributed by atoms with E-state index in [4.69, 9.17) is 21.1 Å². The summed E-state index contributed by atoms with van der Waals surface area (Å²) >= 11 is 5.90. The number of morpholine rings is 1. The van der Waals surface area contributed by atoms with Gasteiger partial charge in [-0.15, -0.1) is 0 Å². The largest absolute Gasteiger partial charge is 0.488 e. The van der Waals surface area contributed by atoms with Crippen molar-refractivity contribution in [3.8, 4) is 5.75 Å². The maximum absolute atomic E-state index is 12.9. The van der Waals surface area contributed by atoms with Crippen LogP contribution in [0.3, 0.4) is 0 Å². The van der Waals surface area contributed by atoms with E-state index in [2.05, 4.69) is 0 Å². The molecule has 2 amide bonds. The van der Waals surface area contributed by atoms with Crippen molar-refractivity contribution in [3.63, 3.8) is 0 Å². The second kappa shape index (κ2) is 9.57. The third-order valence-electron chi connectivity index (χ3n) is 4.51. The zero-order chi connectivity index (χ0) is 19.9. The van der Waals surface area contributed by atoms with Crippen LogP contribution in [0.25, 0.3) is 0 Å². The predicted octanol–water partition coefficient (Wildman–Crippen LogP) is 2.85. The van der Waals surface area contributed by atoms with Crippen LogP contribution < -0.4 is 4.74 Å². The molecule has 0 aromatic heterocycles. The van der Waals surface area contributed by atoms with Gasteiger partial charge in [0.25, 0.3) is 5.91 Å². The Morgan fingerprint density at radius 3 is 2.50 bits per heavy atom. The normalized spacial score (nSPS) is 13.9. The van der Waals surface area contributed by atoms with Crippen LogP contribution in [0.15, 0.2) is 48.5 Å². The van der Waals surface area contributed by atoms with Gasteiger partial charge in [0.15, 0.2) is 0 Å². The quantitative estimate of drug-likeness (QED) is 0.745. The Morgan fingerprint density at radius 2 is 1.79 bits per heavy atom. The molecule has 2 aromatic carbocycles. The Labute approximate surface area is 169 Å². The molecule has 1 heterocycles. The van der Waals surface area contributed by atoms with E-state index >= 15 is 0 Å². The standard InChI is InChI=1S/C21H23ClN2O4/c1-23(14-20(25)24-10-12-27-13-11-24)21(26)18-4-2-3-5-19(18)28-15-16-6-8-17(22)9-7-16/h2-9H,10-15H2,1H3. The van der Waals surface area contributed by atoms with Crippen LogP contribution in [-0.4, -0.2) is 61.5 Å². The molecule has 2 aromatic rings. The first-order valence-electron chi connectivity index (χ1n) is 9.12. The van der Waals surface area contributed by atoms with E-state index in [1.807, 2.05) is 18.2 Å². The van der Waals surface area contributed by atoms with Crippen molar-refractivity contribution >= 4 is 23.4 Å². The predicted molar refractivity (Wildman–Crippen MR) is 107 cm³/mol. The zero-order valence-electron chi connectivity index (χ0n) is 15.8. The maximum Gasteiger partial charge on any atom is 0.257 e. The Balaban J connectivity index is 1.64. The van der Waals surface area contributed by atoms with Gasteiger partial charge in [0, 0.05) is 25.2 Å². The number of rotatable bonds is 6. The molecule has 0 atom stereocenters. The molecule has 6 nitrogen and oxygen atoms in total. The van der Waals surface area contributed by atoms with Gasteiger partial charge in [-0.2, -0.15) is 0 Å². The van der Waals surface area contributed by atoms with E-state index in [9.17, 15) is 9.59 Å². The number of nitrogens with zero attached hydrogens (tertiary/aromatic N) is 2. The molecule has 1 aliphatic rings. The van der Waals surface area contributed by atoms with E-state index in [0.717, 1.165) is 5.56 Å². The van der Waals surface area contributed by atoms with Gasteiger partial charge in [-0.25, -0.2) is 0 Å². The van der Waals surface area contributed by atoms with Crippen molar-refractivity contribution < 1.29 is 19.1 Å². The minimum Gasteiger partial charge on any atom is -0.488 e. The van der Waals surface area contributed by atoms with Crippen molar-refractivity contribution in [2.24, 2.45) is 0 Å². The summed E-state index contributed by atoms with van der Waals surface area (Å²) in [4.78, 5) is 28.4. The lowest BCUT2D eigenvalue weighted by Crippen LogP contribution is -2.46. The van der Waals surface area contributed by atoms with Crippen LogP contribution in [0.2, 0.25) is 5.02 Å². The number of carbonyl (C=O) groups excluding carboxylic acids is 2. The van der Waals surface area contributed by atoms with Gasteiger partial charge in [0.1, 0.15) is 12.4 Å². The number of likely N-dealkylation sites (N-methyl/N-ethyl adjacent to an activating group) is 1. The lowest BCUT2D eigenvalue weighted by Gasteiger charge is -2.29. The number of halogens is 1. The lowest BCUT2D eigenvalue weighted by atomic mass is 10.1. The molecule has 1 fully saturated rings. The average Bonchev–Trinajstić information content (AvgIpc) is 2.73. The molecular formula is C21H23ClN2O4. The van der Waals surface area contributed by atoms with Gasteiger partial charge in [0.05, 0.1) is 25.3 Å². The number of ether oxygens (including phenoxy) is 2. The van der Waals surface area contributed by atoms with Crippen LogP contribution in [-0.2, 0) is 16.1 Å². The molecule has 3 rings (SSSR count). The summed E-state index contributed by atoms with van der Waals surface area (Å²) in [6.45, 7) is 2.51. The van der Waals surface area contributed by atoms with Crippen LogP contribution in [0.4, 0.5) is 0 Å². The Bertz CT molecular complexity index is 819. The van der Waals surface area contributed by atoms with Crippen LogP contribution in [0.1, 0.15) is 15.9 Å². The molecule has 148 valence electrons. The van der Waals surface area contributed by atoms with Gasteiger partial charge in [0.2, 0.25) is 5.91 Å². The number of hydrogen-bond acceptors (Lipinski definition) is 4. The highest BCUT2D eigenvalue weighted by molar-refractivity contribution is 6.30. The van der Waals surface area contributed by atoms with Gasteiger partial charge in [-0.05, 0) is 29.8 Å². The number of benzene rings is 2. The van der Waals surface area contributed by atoms with E-state index in [1.165, 1.54) is 4.90 Å². The van der Waals surface area contributed by atoms with Gasteiger partial charge in [-0.1, -0.05) is 35.9 Å². The average molecular weight is 403 g/mol. The topological polar surface area (TPSA) is 59.1 Å². The smallest absolute Gasteiger partial charge is 0.257 e. The Morgan fingerprint density at radius 1 is 1.11 bits per heavy atom. The van der Waals surface area contributed by atoms with Crippen molar-refractivity contribution in [2.45, 2.75) is 6.61 Å². The van der Waals surface area contributed by atoms with E-state index < -0.39 is 0 Å². The summed E-state index contributed by atoms with van der Waals surface area (Å²) in [5, 5.41) is 0.658. The zero-order valence-corrected chi connectivity index (χ0v) is 16.5. The maximum atomic E-state index is 12.9. The van der Waals surface area contributed by atoms with Crippen molar-refractivity contribution in [1.82, 2.24) is 9.80 Å². The first-order valence-corrected chi connectivity index (χ1v) is 9.49. The molecule has 7 heteroatoms. The molecule has 0 aliphatic carbocycles. The first-order chi connectivity index (χ1) is 13.5. The highest BCUT2D eigenvalue weighted by atomic mass is 35.5. The van der Waals surface area contributed by atoms with Crippen LogP contribution in [0, 0.1) is 0 Å². The fourth-order valence-corrected chi connectivity index (χ4v) is 3.03. The van der Waals surface area contributed by atoms with E-state index in [-0.39, 0.29) is 18.4 Å². The lowest BCUT2D eigenvalue weighted by molar-refractivity contribution is -0.135. The summed E-state index contributed by atoms with van der Waals surface area (Å²) in [6.07, 6.45) is 0. The highest BCUT2D eigenvalue weighted by Crippen LogP contribution is 2.21. The van der Waals surface area contributed by atoms with Gasteiger partial charge in [-0.3, -0.25) is 9.59 Å². The summed E-state index contributed by atoms with van der Waals surface area (Å²) < 4.78 is 11.1. The summed E-state index contributed by atoms with van der Waals surface area (Å²) in [5.74, 6) is 0.139. The third kappa shape index (κ3) is 5.24. The molecule has 1 saturated heterocycles. The molecule has 28 heavy (non-hydrogen) atoms. The third-order valence-corrected chi connectivity index (χ3v) is 4.76. The summed E-state index contributed by atoms with van der Waals surface area (Å²) in [5.41, 5.74) is 1.37. The molecule has 0 N–H and O–H groups in total. The molecular weight excluding hydrogens is 380 g/mol. The minimum absolute atomic E-state index is 0.0182. The Kier molecular flexibility index (Phi) is 6.90. The second-order valence-electron chi connectivity index (χ2n) is 6.57. The molecule has 0 saturated carbocycles. The van der Waals surface area contributed by atoms with Crippen molar-refractivity contribution in [2.75, 3.05) is 39.9 Å². The second-order valence-corrected chi connectivity index (χ2v) is 7.00. The van der Waals surface area contributed by atoms with Gasteiger partial charge < -0.3 is 19.3 Å². The molecule has 0 bridgehead atoms. The van der Waals surface area contributed by atoms with Gasteiger partial charge >= 0.3 is 0 Å². The van der Waals surface area contributed by atoms with Crippen molar-refractivity contribution in [3.05, 3.63) is 64.7 Å². The molecule has 1 aliphatic heterocycles. The summed E-state index contributed by atoms with van der Waals surface area (Å²) in [7, 11) is 1.62. The number of amides is 2. The number of para-hydroxylation sites is 1. The highest BCUT2D eigenvalue weighted by Gasteiger charge is 2.22. The number of hydrogen-bond donors (Lipinski definition) is 0. The van der Waals surface area contributed by atoms with Crippen LogP contribution >= 0.6 is 11.6 Å².